The highest BCUT2D eigenvalue weighted by Gasteiger charge is 2.33. The van der Waals surface area contributed by atoms with Gasteiger partial charge in [0, 0.05) is 9.35 Å². The first-order chi connectivity index (χ1) is 8.63. The summed E-state index contributed by atoms with van der Waals surface area (Å²) in [5, 5.41) is 5.60. The van der Waals surface area contributed by atoms with Crippen LogP contribution in [0, 0.1) is 17.8 Å². The van der Waals surface area contributed by atoms with Crippen LogP contribution in [0.2, 0.25) is 0 Å². The predicted molar refractivity (Wildman–Crippen MR) is 84.4 cm³/mol. The van der Waals surface area contributed by atoms with Crippen molar-refractivity contribution < 1.29 is 0 Å². The van der Waals surface area contributed by atoms with E-state index in [9.17, 15) is 0 Å². The van der Waals surface area contributed by atoms with Crippen LogP contribution in [0.1, 0.15) is 43.9 Å². The quantitative estimate of drug-likeness (QED) is 0.829. The van der Waals surface area contributed by atoms with Crippen molar-refractivity contribution >= 4 is 27.3 Å². The second-order valence-corrected chi connectivity index (χ2v) is 7.68. The minimum Gasteiger partial charge on any atom is -0.319 e. The summed E-state index contributed by atoms with van der Waals surface area (Å²) in [5.41, 5.74) is 0. The molecule has 0 spiro atoms. The van der Waals surface area contributed by atoms with Crippen LogP contribution in [0.15, 0.2) is 15.9 Å². The van der Waals surface area contributed by atoms with E-state index < -0.39 is 0 Å². The summed E-state index contributed by atoms with van der Waals surface area (Å²) in [6.07, 6.45) is 4.14. The molecule has 1 saturated carbocycles. The highest BCUT2D eigenvalue weighted by atomic mass is 79.9. The van der Waals surface area contributed by atoms with E-state index in [1.165, 1.54) is 23.7 Å². The molecule has 1 aliphatic rings. The van der Waals surface area contributed by atoms with Crippen molar-refractivity contribution in [1.29, 1.82) is 0 Å². The Bertz CT molecular complexity index is 374. The standard InChI is InChI=1S/C15H24BrNS/c1-10(2)11-4-5-12(9-17-3)13(8-11)15-14(16)6-7-18-15/h6-7,10-13,17H,4-5,8-9H2,1-3H3. The summed E-state index contributed by atoms with van der Waals surface area (Å²) in [7, 11) is 2.08. The van der Waals surface area contributed by atoms with Gasteiger partial charge in [-0.25, -0.2) is 0 Å². The molecular formula is C15H24BrNS. The van der Waals surface area contributed by atoms with E-state index in [-0.39, 0.29) is 0 Å². The third kappa shape index (κ3) is 3.17. The molecule has 18 heavy (non-hydrogen) atoms. The van der Waals surface area contributed by atoms with E-state index in [4.69, 9.17) is 0 Å². The van der Waals surface area contributed by atoms with Gasteiger partial charge in [-0.3, -0.25) is 0 Å². The fourth-order valence-corrected chi connectivity index (χ4v) is 5.15. The Morgan fingerprint density at radius 2 is 2.22 bits per heavy atom. The molecule has 2 rings (SSSR count). The normalized spacial score (nSPS) is 28.8. The van der Waals surface area contributed by atoms with Crippen LogP contribution in [-0.2, 0) is 0 Å². The molecule has 1 aromatic heterocycles. The monoisotopic (exact) mass is 329 g/mol. The maximum Gasteiger partial charge on any atom is 0.0317 e. The summed E-state index contributed by atoms with van der Waals surface area (Å²) >= 11 is 5.65. The average Bonchev–Trinajstić information content (AvgIpc) is 2.76. The molecule has 3 heteroatoms. The van der Waals surface area contributed by atoms with E-state index in [1.807, 2.05) is 11.3 Å². The van der Waals surface area contributed by atoms with Gasteiger partial charge in [-0.15, -0.1) is 11.3 Å². The summed E-state index contributed by atoms with van der Waals surface area (Å²) < 4.78 is 1.32. The third-order valence-electron chi connectivity index (χ3n) is 4.42. The zero-order valence-corrected chi connectivity index (χ0v) is 14.0. The molecule has 1 N–H and O–H groups in total. The Kier molecular flexibility index (Phi) is 5.28. The lowest BCUT2D eigenvalue weighted by molar-refractivity contribution is 0.194. The summed E-state index contributed by atoms with van der Waals surface area (Å²) in [4.78, 5) is 1.57. The van der Waals surface area contributed by atoms with Gasteiger partial charge in [0.15, 0.2) is 0 Å². The molecular weight excluding hydrogens is 306 g/mol. The first-order valence-corrected chi connectivity index (χ1v) is 8.68. The van der Waals surface area contributed by atoms with Gasteiger partial charge in [0.05, 0.1) is 0 Å². The molecule has 0 saturated heterocycles. The van der Waals surface area contributed by atoms with Gasteiger partial charge in [0.1, 0.15) is 0 Å². The van der Waals surface area contributed by atoms with Crippen LogP contribution in [0.4, 0.5) is 0 Å². The Morgan fingerprint density at radius 1 is 1.44 bits per heavy atom. The van der Waals surface area contributed by atoms with Gasteiger partial charge in [0.2, 0.25) is 0 Å². The number of thiophene rings is 1. The predicted octanol–water partition coefficient (Wildman–Crippen LogP) is 4.89. The largest absolute Gasteiger partial charge is 0.319 e. The van der Waals surface area contributed by atoms with Crippen LogP contribution in [0.3, 0.4) is 0 Å². The molecule has 1 aromatic rings. The van der Waals surface area contributed by atoms with Crippen molar-refractivity contribution in [2.45, 2.75) is 39.0 Å². The van der Waals surface area contributed by atoms with Gasteiger partial charge in [0.25, 0.3) is 0 Å². The van der Waals surface area contributed by atoms with Crippen molar-refractivity contribution in [3.8, 4) is 0 Å². The SMILES string of the molecule is CNCC1CCC(C(C)C)CC1c1sccc1Br. The molecule has 0 aliphatic heterocycles. The molecule has 1 nitrogen and oxygen atoms in total. The Morgan fingerprint density at radius 3 is 2.78 bits per heavy atom. The Labute approximate surface area is 123 Å². The second-order valence-electron chi connectivity index (χ2n) is 5.87. The smallest absolute Gasteiger partial charge is 0.0317 e. The van der Waals surface area contributed by atoms with E-state index in [2.05, 4.69) is 53.6 Å². The fourth-order valence-electron chi connectivity index (χ4n) is 3.27. The summed E-state index contributed by atoms with van der Waals surface area (Å²) in [6.45, 7) is 5.91. The van der Waals surface area contributed by atoms with Crippen molar-refractivity contribution in [3.05, 3.63) is 20.8 Å². The van der Waals surface area contributed by atoms with Gasteiger partial charge in [-0.2, -0.15) is 0 Å². The average molecular weight is 330 g/mol. The van der Waals surface area contributed by atoms with E-state index in [0.717, 1.165) is 30.2 Å². The molecule has 0 amide bonds. The number of nitrogens with one attached hydrogen (secondary N) is 1. The number of hydrogen-bond donors (Lipinski definition) is 1. The molecule has 0 radical (unpaired) electrons. The minimum atomic E-state index is 0.743. The van der Waals surface area contributed by atoms with Gasteiger partial charge < -0.3 is 5.32 Å². The van der Waals surface area contributed by atoms with Crippen molar-refractivity contribution in [2.24, 2.45) is 17.8 Å². The zero-order chi connectivity index (χ0) is 13.1. The molecule has 102 valence electrons. The lowest BCUT2D eigenvalue weighted by Gasteiger charge is -2.37. The summed E-state index contributed by atoms with van der Waals surface area (Å²) in [5.74, 6) is 3.27. The minimum absolute atomic E-state index is 0.743. The van der Waals surface area contributed by atoms with Gasteiger partial charge >= 0.3 is 0 Å². The first kappa shape index (κ1) is 14.5. The molecule has 0 aromatic carbocycles. The van der Waals surface area contributed by atoms with E-state index in [0.29, 0.717) is 0 Å². The van der Waals surface area contributed by atoms with Crippen molar-refractivity contribution in [2.75, 3.05) is 13.6 Å². The molecule has 1 fully saturated rings. The van der Waals surface area contributed by atoms with Crippen LogP contribution >= 0.6 is 27.3 Å². The lowest BCUT2D eigenvalue weighted by Crippen LogP contribution is -2.31. The Balaban J connectivity index is 2.17. The van der Waals surface area contributed by atoms with Crippen LogP contribution < -0.4 is 5.32 Å². The topological polar surface area (TPSA) is 12.0 Å². The van der Waals surface area contributed by atoms with Crippen molar-refractivity contribution in [1.82, 2.24) is 5.32 Å². The highest BCUT2D eigenvalue weighted by molar-refractivity contribution is 9.10. The van der Waals surface area contributed by atoms with Crippen LogP contribution in [-0.4, -0.2) is 13.6 Å². The van der Waals surface area contributed by atoms with Gasteiger partial charge in [-0.1, -0.05) is 13.8 Å². The van der Waals surface area contributed by atoms with Crippen LogP contribution in [0.25, 0.3) is 0 Å². The first-order valence-electron chi connectivity index (χ1n) is 7.01. The molecule has 1 heterocycles. The Hall–Kier alpha value is 0.140. The molecule has 3 unspecified atom stereocenters. The highest BCUT2D eigenvalue weighted by Crippen LogP contribution is 2.46. The van der Waals surface area contributed by atoms with Crippen molar-refractivity contribution in [3.63, 3.8) is 0 Å². The van der Waals surface area contributed by atoms with E-state index >= 15 is 0 Å². The maximum atomic E-state index is 3.73. The lowest BCUT2D eigenvalue weighted by atomic mass is 9.70. The van der Waals surface area contributed by atoms with Gasteiger partial charge in [-0.05, 0) is 83.9 Å². The number of halogens is 1. The maximum absolute atomic E-state index is 3.73. The number of rotatable bonds is 4. The van der Waals surface area contributed by atoms with Crippen LogP contribution in [0.5, 0.6) is 0 Å². The second kappa shape index (κ2) is 6.53. The zero-order valence-electron chi connectivity index (χ0n) is 11.6. The molecule has 0 bridgehead atoms. The summed E-state index contributed by atoms with van der Waals surface area (Å²) in [6, 6.07) is 2.20. The van der Waals surface area contributed by atoms with E-state index in [1.54, 1.807) is 4.88 Å². The molecule has 3 atom stereocenters. The fraction of sp³-hybridized carbons (Fsp3) is 0.733. The molecule has 1 aliphatic carbocycles. The number of hydrogen-bond acceptors (Lipinski definition) is 2. The third-order valence-corrected chi connectivity index (χ3v) is 6.43.